The summed E-state index contributed by atoms with van der Waals surface area (Å²) in [4.78, 5) is 16.7. The highest BCUT2D eigenvalue weighted by Gasteiger charge is 2.46. The average Bonchev–Trinajstić information content (AvgIpc) is 3.59. The van der Waals surface area contributed by atoms with Gasteiger partial charge in [0, 0.05) is 46.5 Å². The number of carbonyl (C=O) groups is 1. The molecule has 0 bridgehead atoms. The Balaban J connectivity index is 1.65. The van der Waals surface area contributed by atoms with Crippen LogP contribution in [0, 0.1) is 0 Å². The summed E-state index contributed by atoms with van der Waals surface area (Å²) in [5.74, 6) is -0.0512. The number of halogens is 2. The molecule has 0 saturated heterocycles. The fraction of sp³-hybridized carbons (Fsp3) is 0.360. The molecule has 0 spiro atoms. The van der Waals surface area contributed by atoms with Crippen LogP contribution in [0.25, 0.3) is 22.0 Å². The lowest BCUT2D eigenvalue weighted by molar-refractivity contribution is -0.109. The third-order valence-electron chi connectivity index (χ3n) is 6.89. The molecule has 5 nitrogen and oxygen atoms in total. The molecule has 0 aliphatic heterocycles. The number of hydrogen-bond donors (Lipinski definition) is 3. The Kier molecular flexibility index (Phi) is 5.52. The molecule has 2 fully saturated rings. The van der Waals surface area contributed by atoms with Crippen molar-refractivity contribution in [3.05, 3.63) is 52.1 Å². The molecular formula is C25H25Cl2N3O2. The van der Waals surface area contributed by atoms with Crippen LogP contribution < -0.4 is 11.1 Å². The molecule has 2 saturated carbocycles. The topological polar surface area (TPSA) is 88.2 Å². The molecular weight excluding hydrogens is 445 g/mol. The van der Waals surface area contributed by atoms with E-state index in [4.69, 9.17) is 28.9 Å². The van der Waals surface area contributed by atoms with Crippen LogP contribution in [0.15, 0.2) is 36.5 Å². The van der Waals surface area contributed by atoms with E-state index in [1.165, 1.54) is 6.07 Å². The Labute approximate surface area is 196 Å². The van der Waals surface area contributed by atoms with Crippen LogP contribution in [0.1, 0.15) is 44.1 Å². The number of nitrogens with zero attached hydrogens (tertiary/aromatic N) is 1. The lowest BCUT2D eigenvalue weighted by atomic mass is 9.89. The quantitative estimate of drug-likeness (QED) is 0.409. The lowest BCUT2D eigenvalue weighted by Gasteiger charge is -2.29. The zero-order valence-electron chi connectivity index (χ0n) is 17.6. The Hall–Kier alpha value is -2.34. The maximum atomic E-state index is 12.0. The molecule has 2 aromatic carbocycles. The second kappa shape index (κ2) is 8.22. The summed E-state index contributed by atoms with van der Waals surface area (Å²) in [6, 6.07) is 9.62. The van der Waals surface area contributed by atoms with Gasteiger partial charge in [-0.25, -0.2) is 0 Å². The van der Waals surface area contributed by atoms with E-state index >= 15 is 0 Å². The number of carbonyl (C=O) groups excluding carboxylic acids is 1. The third kappa shape index (κ3) is 3.83. The van der Waals surface area contributed by atoms with Gasteiger partial charge in [0.2, 0.25) is 0 Å². The summed E-state index contributed by atoms with van der Waals surface area (Å²) in [5, 5.41) is 15.2. The Morgan fingerprint density at radius 2 is 1.84 bits per heavy atom. The molecule has 0 amide bonds. The van der Waals surface area contributed by atoms with Gasteiger partial charge < -0.3 is 21.0 Å². The number of aldehydes is 1. The Morgan fingerprint density at radius 3 is 2.53 bits per heavy atom. The highest BCUT2D eigenvalue weighted by Crippen LogP contribution is 2.50. The van der Waals surface area contributed by atoms with Crippen molar-refractivity contribution in [2.24, 2.45) is 5.73 Å². The van der Waals surface area contributed by atoms with Crippen LogP contribution in [0.2, 0.25) is 10.0 Å². The molecule has 0 radical (unpaired) electrons. The Bertz CT molecular complexity index is 1200. The number of phenols is 1. The molecule has 1 aromatic heterocycles. The number of fused-ring (bicyclic) bond motifs is 1. The van der Waals surface area contributed by atoms with Crippen LogP contribution in [-0.2, 0) is 10.2 Å². The largest absolute Gasteiger partial charge is 0.506 e. The van der Waals surface area contributed by atoms with Crippen molar-refractivity contribution in [2.75, 3.05) is 5.32 Å². The number of aromatic nitrogens is 1. The number of anilines is 1. The monoisotopic (exact) mass is 469 g/mol. The van der Waals surface area contributed by atoms with Crippen molar-refractivity contribution in [2.45, 2.75) is 56.0 Å². The second-order valence-electron chi connectivity index (χ2n) is 9.09. The highest BCUT2D eigenvalue weighted by atomic mass is 35.5. The molecule has 4 N–H and O–H groups in total. The van der Waals surface area contributed by atoms with Crippen molar-refractivity contribution < 1.29 is 9.90 Å². The summed E-state index contributed by atoms with van der Waals surface area (Å²) in [6.07, 6.45) is 8.57. The summed E-state index contributed by atoms with van der Waals surface area (Å²) < 4.78 is 0. The van der Waals surface area contributed by atoms with Crippen LogP contribution in [-0.4, -0.2) is 28.5 Å². The van der Waals surface area contributed by atoms with Crippen LogP contribution in [0.4, 0.5) is 5.69 Å². The van der Waals surface area contributed by atoms with E-state index in [0.717, 1.165) is 78.1 Å². The van der Waals surface area contributed by atoms with E-state index in [1.807, 2.05) is 24.4 Å². The number of benzene rings is 2. The molecule has 3 aromatic rings. The van der Waals surface area contributed by atoms with Crippen molar-refractivity contribution in [3.63, 3.8) is 0 Å². The number of aromatic hydroxyl groups is 1. The van der Waals surface area contributed by atoms with Gasteiger partial charge in [-0.3, -0.25) is 4.98 Å². The van der Waals surface area contributed by atoms with Crippen LogP contribution in [0.3, 0.4) is 0 Å². The summed E-state index contributed by atoms with van der Waals surface area (Å²) >= 11 is 12.6. The predicted molar refractivity (Wildman–Crippen MR) is 130 cm³/mol. The minimum Gasteiger partial charge on any atom is -0.506 e. The number of phenolic OH excluding ortho intramolecular Hbond substituents is 1. The molecule has 2 aliphatic rings. The van der Waals surface area contributed by atoms with E-state index < -0.39 is 5.41 Å². The van der Waals surface area contributed by atoms with Gasteiger partial charge in [0.05, 0.1) is 21.0 Å². The zero-order valence-corrected chi connectivity index (χ0v) is 19.1. The van der Waals surface area contributed by atoms with Gasteiger partial charge in [0.1, 0.15) is 12.0 Å². The van der Waals surface area contributed by atoms with Gasteiger partial charge in [-0.05, 0) is 62.3 Å². The lowest BCUT2D eigenvalue weighted by Crippen LogP contribution is -2.33. The van der Waals surface area contributed by atoms with Gasteiger partial charge >= 0.3 is 0 Å². The number of hydrogen-bond acceptors (Lipinski definition) is 5. The Morgan fingerprint density at radius 1 is 1.09 bits per heavy atom. The van der Waals surface area contributed by atoms with Gasteiger partial charge in [0.25, 0.3) is 0 Å². The van der Waals surface area contributed by atoms with Crippen molar-refractivity contribution in [3.8, 4) is 16.9 Å². The number of rotatable bonds is 5. The van der Waals surface area contributed by atoms with E-state index in [-0.39, 0.29) is 16.8 Å². The van der Waals surface area contributed by atoms with Gasteiger partial charge in [-0.2, -0.15) is 0 Å². The highest BCUT2D eigenvalue weighted by molar-refractivity contribution is 6.36. The first-order valence-corrected chi connectivity index (χ1v) is 11.8. The summed E-state index contributed by atoms with van der Waals surface area (Å²) in [5.41, 5.74) is 10.0. The number of pyridine rings is 1. The van der Waals surface area contributed by atoms with E-state index in [2.05, 4.69) is 10.3 Å². The normalized spacial score (nSPS) is 22.0. The van der Waals surface area contributed by atoms with E-state index in [1.54, 1.807) is 6.07 Å². The minimum absolute atomic E-state index is 0.0512. The molecule has 5 rings (SSSR count). The molecule has 2 aliphatic carbocycles. The molecule has 0 atom stereocenters. The fourth-order valence-electron chi connectivity index (χ4n) is 4.70. The maximum Gasteiger partial charge on any atom is 0.135 e. The molecule has 32 heavy (non-hydrogen) atoms. The number of nitrogens with one attached hydrogen (secondary N) is 1. The average molecular weight is 470 g/mol. The fourth-order valence-corrected chi connectivity index (χ4v) is 5.13. The van der Waals surface area contributed by atoms with Gasteiger partial charge in [-0.15, -0.1) is 0 Å². The molecule has 166 valence electrons. The van der Waals surface area contributed by atoms with Crippen molar-refractivity contribution >= 4 is 46.1 Å². The molecule has 0 unspecified atom stereocenters. The SMILES string of the molecule is NC1CCC(Nc2c(C3(C=O)CC3)cnc3ccc(-c4cc(Cl)c(O)cc4Cl)cc23)CC1. The maximum absolute atomic E-state index is 12.0. The summed E-state index contributed by atoms with van der Waals surface area (Å²) in [7, 11) is 0. The standard InChI is InChI=1S/C25H25Cl2N3O2/c26-20-11-23(32)21(27)10-17(20)14-1-6-22-18(9-14)24(30-16-4-2-15(28)3-5-16)19(12-29-22)25(13-31)7-8-25/h1,6,9-13,15-16,32H,2-5,7-8,28H2,(H,29,30). The zero-order chi connectivity index (χ0) is 22.5. The first kappa shape index (κ1) is 21.5. The third-order valence-corrected chi connectivity index (χ3v) is 7.50. The number of nitrogens with two attached hydrogens (primary N) is 1. The summed E-state index contributed by atoms with van der Waals surface area (Å²) in [6.45, 7) is 0. The smallest absolute Gasteiger partial charge is 0.135 e. The molecule has 7 heteroatoms. The second-order valence-corrected chi connectivity index (χ2v) is 9.91. The van der Waals surface area contributed by atoms with Crippen LogP contribution >= 0.6 is 23.2 Å². The predicted octanol–water partition coefficient (Wildman–Crippen LogP) is 5.83. The first-order valence-electron chi connectivity index (χ1n) is 11.0. The van der Waals surface area contributed by atoms with Gasteiger partial charge in [0.15, 0.2) is 0 Å². The van der Waals surface area contributed by atoms with Gasteiger partial charge in [-0.1, -0.05) is 29.3 Å². The first-order chi connectivity index (χ1) is 15.4. The molecule has 1 heterocycles. The minimum atomic E-state index is -0.454. The van der Waals surface area contributed by atoms with Crippen molar-refractivity contribution in [1.29, 1.82) is 0 Å². The van der Waals surface area contributed by atoms with E-state index in [9.17, 15) is 9.90 Å². The van der Waals surface area contributed by atoms with Crippen LogP contribution in [0.5, 0.6) is 5.75 Å². The van der Waals surface area contributed by atoms with E-state index in [0.29, 0.717) is 11.1 Å². The van der Waals surface area contributed by atoms with Crippen molar-refractivity contribution in [1.82, 2.24) is 4.98 Å².